The first-order chi connectivity index (χ1) is 7.83. The molecular weight excluding hydrogens is 292 g/mol. The van der Waals surface area contributed by atoms with Gasteiger partial charge in [-0.2, -0.15) is 0 Å². The van der Waals surface area contributed by atoms with E-state index in [1.807, 2.05) is 0 Å². The summed E-state index contributed by atoms with van der Waals surface area (Å²) in [4.78, 5) is 26.1. The topological polar surface area (TPSA) is 99.5 Å². The van der Waals surface area contributed by atoms with Gasteiger partial charge in [-0.3, -0.25) is 4.79 Å². The molecular formula is C10H11BrN2O4. The highest BCUT2D eigenvalue weighted by Gasteiger charge is 2.30. The number of carboxylic acid groups (broad SMARTS) is 1. The highest BCUT2D eigenvalue weighted by Crippen LogP contribution is 2.08. The molecule has 0 aliphatic heterocycles. The van der Waals surface area contributed by atoms with Crippen LogP contribution in [0.1, 0.15) is 17.3 Å². The molecule has 0 aliphatic rings. The van der Waals surface area contributed by atoms with Gasteiger partial charge < -0.3 is 15.5 Å². The lowest BCUT2D eigenvalue weighted by Gasteiger charge is -2.18. The highest BCUT2D eigenvalue weighted by molar-refractivity contribution is 9.10. The van der Waals surface area contributed by atoms with Crippen molar-refractivity contribution in [2.24, 2.45) is 0 Å². The molecule has 1 heterocycles. The van der Waals surface area contributed by atoms with E-state index >= 15 is 0 Å². The van der Waals surface area contributed by atoms with Crippen molar-refractivity contribution in [1.29, 1.82) is 0 Å². The zero-order valence-electron chi connectivity index (χ0n) is 8.98. The summed E-state index contributed by atoms with van der Waals surface area (Å²) >= 11 is 3.11. The largest absolute Gasteiger partial charge is 0.479 e. The summed E-state index contributed by atoms with van der Waals surface area (Å²) in [6.45, 7) is 0.735. The number of nitrogens with one attached hydrogen (secondary N) is 1. The molecule has 1 aromatic heterocycles. The summed E-state index contributed by atoms with van der Waals surface area (Å²) in [5, 5.41) is 20.4. The van der Waals surface area contributed by atoms with Crippen LogP contribution in [0.2, 0.25) is 0 Å². The van der Waals surface area contributed by atoms with E-state index < -0.39 is 17.5 Å². The highest BCUT2D eigenvalue weighted by atomic mass is 79.9. The van der Waals surface area contributed by atoms with Crippen molar-refractivity contribution in [2.75, 3.05) is 6.54 Å². The Balaban J connectivity index is 2.65. The molecule has 7 heteroatoms. The quantitative estimate of drug-likeness (QED) is 0.700. The van der Waals surface area contributed by atoms with E-state index in [9.17, 15) is 14.7 Å². The lowest BCUT2D eigenvalue weighted by atomic mass is 10.1. The normalized spacial score (nSPS) is 13.8. The molecule has 92 valence electrons. The number of carbonyl (C=O) groups excluding carboxylic acids is 1. The Bertz CT molecular complexity index is 448. The second-order valence-corrected chi connectivity index (χ2v) is 4.44. The molecule has 0 aliphatic carbocycles. The molecule has 0 spiro atoms. The number of aliphatic carboxylic acids is 1. The van der Waals surface area contributed by atoms with Crippen molar-refractivity contribution in [3.63, 3.8) is 0 Å². The predicted molar refractivity (Wildman–Crippen MR) is 62.5 cm³/mol. The number of hydrogen-bond donors (Lipinski definition) is 3. The van der Waals surface area contributed by atoms with E-state index in [1.54, 1.807) is 0 Å². The number of hydrogen-bond acceptors (Lipinski definition) is 4. The van der Waals surface area contributed by atoms with Gasteiger partial charge in [-0.15, -0.1) is 0 Å². The molecule has 0 bridgehead atoms. The Kier molecular flexibility index (Phi) is 4.19. The smallest absolute Gasteiger partial charge is 0.337 e. The molecule has 1 atom stereocenters. The maximum atomic E-state index is 11.6. The lowest BCUT2D eigenvalue weighted by molar-refractivity contribution is -0.155. The number of carbonyl (C=O) groups is 2. The third kappa shape index (κ3) is 3.79. The maximum Gasteiger partial charge on any atom is 0.337 e. The van der Waals surface area contributed by atoms with Gasteiger partial charge in [0, 0.05) is 11.8 Å². The van der Waals surface area contributed by atoms with Crippen LogP contribution in [0.15, 0.2) is 22.9 Å². The zero-order chi connectivity index (χ0) is 13.1. The first-order valence-corrected chi connectivity index (χ1v) is 5.48. The molecule has 17 heavy (non-hydrogen) atoms. The van der Waals surface area contributed by atoms with E-state index in [-0.39, 0.29) is 6.54 Å². The molecule has 0 fully saturated rings. The molecule has 0 saturated heterocycles. The number of amides is 1. The second kappa shape index (κ2) is 5.24. The maximum absolute atomic E-state index is 11.6. The monoisotopic (exact) mass is 302 g/mol. The van der Waals surface area contributed by atoms with Crippen molar-refractivity contribution < 1.29 is 19.8 Å². The van der Waals surface area contributed by atoms with E-state index in [2.05, 4.69) is 26.2 Å². The van der Waals surface area contributed by atoms with Gasteiger partial charge >= 0.3 is 5.97 Å². The summed E-state index contributed by atoms with van der Waals surface area (Å²) in [6.07, 6.45) is 1.44. The van der Waals surface area contributed by atoms with Crippen LogP contribution in [0.3, 0.4) is 0 Å². The van der Waals surface area contributed by atoms with Gasteiger partial charge in [0.05, 0.1) is 6.54 Å². The fourth-order valence-corrected chi connectivity index (χ4v) is 1.34. The van der Waals surface area contributed by atoms with Crippen LogP contribution in [0.5, 0.6) is 0 Å². The van der Waals surface area contributed by atoms with Gasteiger partial charge in [-0.05, 0) is 35.0 Å². The first-order valence-electron chi connectivity index (χ1n) is 4.68. The second-order valence-electron chi connectivity index (χ2n) is 3.63. The number of rotatable bonds is 4. The third-order valence-electron chi connectivity index (χ3n) is 2.04. The minimum absolute atomic E-state index is 0.327. The van der Waals surface area contributed by atoms with Gasteiger partial charge in [-0.1, -0.05) is 0 Å². The first kappa shape index (κ1) is 13.6. The minimum Gasteiger partial charge on any atom is -0.479 e. The van der Waals surface area contributed by atoms with Crippen LogP contribution in [0.4, 0.5) is 0 Å². The Labute approximate surface area is 106 Å². The molecule has 1 aromatic rings. The van der Waals surface area contributed by atoms with E-state index in [0.29, 0.717) is 10.2 Å². The summed E-state index contributed by atoms with van der Waals surface area (Å²) < 4.78 is 0.496. The van der Waals surface area contributed by atoms with Crippen LogP contribution >= 0.6 is 15.9 Å². The van der Waals surface area contributed by atoms with Crippen LogP contribution in [0, 0.1) is 0 Å². The SMILES string of the molecule is CC(O)(CNC(=O)c1ccnc(Br)c1)C(=O)O. The molecule has 1 rings (SSSR count). The van der Waals surface area contributed by atoms with Gasteiger partial charge in [0.2, 0.25) is 0 Å². The summed E-state index contributed by atoms with van der Waals surface area (Å²) in [6, 6.07) is 2.97. The minimum atomic E-state index is -1.99. The van der Waals surface area contributed by atoms with E-state index in [0.717, 1.165) is 6.92 Å². The Morgan fingerprint density at radius 2 is 2.24 bits per heavy atom. The van der Waals surface area contributed by atoms with Gasteiger partial charge in [0.25, 0.3) is 5.91 Å². The van der Waals surface area contributed by atoms with Crippen molar-refractivity contribution in [2.45, 2.75) is 12.5 Å². The zero-order valence-corrected chi connectivity index (χ0v) is 10.6. The Hall–Kier alpha value is -1.47. The molecule has 1 unspecified atom stereocenters. The standard InChI is InChI=1S/C10H11BrN2O4/c1-10(17,9(15)16)5-13-8(14)6-2-3-12-7(11)4-6/h2-4,17H,5H2,1H3,(H,13,14)(H,15,16). The summed E-state index contributed by atoms with van der Waals surface area (Å²) in [5.41, 5.74) is -1.66. The Morgan fingerprint density at radius 3 is 2.76 bits per heavy atom. The average Bonchev–Trinajstić information content (AvgIpc) is 2.25. The number of aliphatic hydroxyl groups is 1. The molecule has 0 aromatic carbocycles. The number of aromatic nitrogens is 1. The summed E-state index contributed by atoms with van der Waals surface area (Å²) in [5.74, 6) is -1.87. The van der Waals surface area contributed by atoms with Crippen LogP contribution in [-0.4, -0.2) is 39.2 Å². The molecule has 0 saturated carbocycles. The number of halogens is 1. The van der Waals surface area contributed by atoms with Crippen molar-refractivity contribution in [1.82, 2.24) is 10.3 Å². The molecule has 1 amide bonds. The predicted octanol–water partition coefficient (Wildman–Crippen LogP) is 0.410. The molecule has 0 radical (unpaired) electrons. The Morgan fingerprint density at radius 1 is 1.59 bits per heavy atom. The fourth-order valence-electron chi connectivity index (χ4n) is 0.974. The summed E-state index contributed by atoms with van der Waals surface area (Å²) in [7, 11) is 0. The number of nitrogens with zero attached hydrogens (tertiary/aromatic N) is 1. The van der Waals surface area contributed by atoms with Gasteiger partial charge in [0.15, 0.2) is 5.60 Å². The van der Waals surface area contributed by atoms with E-state index in [4.69, 9.17) is 5.11 Å². The van der Waals surface area contributed by atoms with Gasteiger partial charge in [0.1, 0.15) is 4.60 Å². The van der Waals surface area contributed by atoms with Crippen molar-refractivity contribution >= 4 is 27.8 Å². The van der Waals surface area contributed by atoms with Crippen LogP contribution < -0.4 is 5.32 Å². The van der Waals surface area contributed by atoms with Crippen LogP contribution in [0.25, 0.3) is 0 Å². The molecule has 3 N–H and O–H groups in total. The number of carboxylic acids is 1. The lowest BCUT2D eigenvalue weighted by Crippen LogP contribution is -2.46. The van der Waals surface area contributed by atoms with Crippen molar-refractivity contribution in [3.8, 4) is 0 Å². The molecule has 6 nitrogen and oxygen atoms in total. The van der Waals surface area contributed by atoms with Gasteiger partial charge in [-0.25, -0.2) is 9.78 Å². The number of pyridine rings is 1. The third-order valence-corrected chi connectivity index (χ3v) is 2.48. The fraction of sp³-hybridized carbons (Fsp3) is 0.300. The van der Waals surface area contributed by atoms with E-state index in [1.165, 1.54) is 18.3 Å². The average molecular weight is 303 g/mol. The van der Waals surface area contributed by atoms with Crippen molar-refractivity contribution in [3.05, 3.63) is 28.5 Å². The van der Waals surface area contributed by atoms with Crippen LogP contribution in [-0.2, 0) is 4.79 Å².